The average molecular weight is 538 g/mol. The summed E-state index contributed by atoms with van der Waals surface area (Å²) in [7, 11) is 0. The van der Waals surface area contributed by atoms with E-state index >= 15 is 0 Å². The highest BCUT2D eigenvalue weighted by molar-refractivity contribution is 7.98. The van der Waals surface area contributed by atoms with Crippen LogP contribution in [0.4, 0.5) is 0 Å². The number of aryl methyl sites for hydroxylation is 1. The van der Waals surface area contributed by atoms with Crippen LogP contribution in [0.2, 0.25) is 0 Å². The zero-order chi connectivity index (χ0) is 27.3. The summed E-state index contributed by atoms with van der Waals surface area (Å²) in [6.07, 6.45) is 10.0. The van der Waals surface area contributed by atoms with Crippen molar-refractivity contribution >= 4 is 23.6 Å². The van der Waals surface area contributed by atoms with E-state index in [1.165, 1.54) is 32.1 Å². The first-order valence-corrected chi connectivity index (χ1v) is 15.4. The number of hydrogen-bond acceptors (Lipinski definition) is 4. The maximum atomic E-state index is 13.3. The van der Waals surface area contributed by atoms with Gasteiger partial charge in [0.15, 0.2) is 0 Å². The number of fused-ring (bicyclic) bond motifs is 2. The molecule has 206 valence electrons. The Balaban J connectivity index is 1.53. The lowest BCUT2D eigenvalue weighted by molar-refractivity contribution is -0.139. The van der Waals surface area contributed by atoms with Gasteiger partial charge in [-0.3, -0.25) is 4.79 Å². The van der Waals surface area contributed by atoms with Gasteiger partial charge in [-0.2, -0.15) is 11.8 Å². The Morgan fingerprint density at radius 2 is 1.79 bits per heavy atom. The third-order valence-corrected chi connectivity index (χ3v) is 9.19. The van der Waals surface area contributed by atoms with Gasteiger partial charge in [0.2, 0.25) is 0 Å². The van der Waals surface area contributed by atoms with Gasteiger partial charge in [0.25, 0.3) is 5.91 Å². The molecule has 0 aromatic heterocycles. The van der Waals surface area contributed by atoms with Crippen molar-refractivity contribution in [3.8, 4) is 16.9 Å². The van der Waals surface area contributed by atoms with E-state index in [2.05, 4.69) is 19.2 Å². The van der Waals surface area contributed by atoms with Gasteiger partial charge < -0.3 is 15.2 Å². The summed E-state index contributed by atoms with van der Waals surface area (Å²) in [5.41, 5.74) is 3.62. The fourth-order valence-electron chi connectivity index (χ4n) is 7.24. The molecule has 0 aliphatic heterocycles. The van der Waals surface area contributed by atoms with Crippen LogP contribution in [0.5, 0.6) is 5.75 Å². The lowest BCUT2D eigenvalue weighted by atomic mass is 9.56. The first-order valence-electron chi connectivity index (χ1n) is 14.0. The second-order valence-corrected chi connectivity index (χ2v) is 12.9. The maximum Gasteiger partial charge on any atom is 0.326 e. The number of ether oxygens (including phenoxy) is 1. The molecule has 5 nitrogen and oxygen atoms in total. The number of hydrogen-bond donors (Lipinski definition) is 2. The third kappa shape index (κ3) is 6.93. The first-order chi connectivity index (χ1) is 18.2. The number of rotatable bonds is 11. The number of thioether (sulfide) groups is 1. The van der Waals surface area contributed by atoms with Gasteiger partial charge >= 0.3 is 5.97 Å². The van der Waals surface area contributed by atoms with Crippen molar-refractivity contribution in [1.82, 2.24) is 5.32 Å². The molecule has 38 heavy (non-hydrogen) atoms. The molecule has 3 atom stereocenters. The van der Waals surface area contributed by atoms with Crippen molar-refractivity contribution in [3.05, 3.63) is 53.6 Å². The predicted octanol–water partition coefficient (Wildman–Crippen LogP) is 7.22. The summed E-state index contributed by atoms with van der Waals surface area (Å²) in [6.45, 7) is 7.51. The van der Waals surface area contributed by atoms with E-state index in [0.29, 0.717) is 29.8 Å². The fourth-order valence-corrected chi connectivity index (χ4v) is 7.71. The summed E-state index contributed by atoms with van der Waals surface area (Å²) in [5.74, 6) is 2.46. The van der Waals surface area contributed by atoms with E-state index in [4.69, 9.17) is 4.74 Å². The van der Waals surface area contributed by atoms with Gasteiger partial charge in [0.1, 0.15) is 11.8 Å². The van der Waals surface area contributed by atoms with Crippen LogP contribution < -0.4 is 10.1 Å². The minimum Gasteiger partial charge on any atom is -0.494 e. The molecule has 2 aromatic carbocycles. The predicted molar refractivity (Wildman–Crippen MR) is 156 cm³/mol. The number of nitrogens with one attached hydrogen (secondary N) is 1. The molecule has 2 aromatic rings. The standard InChI is InChI=1S/C32H43NO4S/c1-21-15-24-16-22(2)19-32(18-21,20-24)12-13-37-25-9-10-27(28(17-25)26-8-6-5-7-23(26)3)30(34)33-29(31(35)36)11-14-38-4/h5-10,17,21-22,24,29H,11-16,18-20H2,1-4H3,(H,33,34)(H,35,36). The molecule has 0 radical (unpaired) electrons. The third-order valence-electron chi connectivity index (χ3n) is 8.54. The molecule has 1 amide bonds. The van der Waals surface area contributed by atoms with E-state index in [0.717, 1.165) is 46.6 Å². The molecule has 2 fully saturated rings. The van der Waals surface area contributed by atoms with E-state index in [-0.39, 0.29) is 5.91 Å². The number of carbonyl (C=O) groups is 2. The van der Waals surface area contributed by atoms with Gasteiger partial charge in [0.05, 0.1) is 6.61 Å². The molecule has 2 N–H and O–H groups in total. The van der Waals surface area contributed by atoms with Crippen molar-refractivity contribution < 1.29 is 19.4 Å². The Labute approximate surface area is 232 Å². The highest BCUT2D eigenvalue weighted by Crippen LogP contribution is 2.54. The van der Waals surface area contributed by atoms with Crippen LogP contribution in [0.3, 0.4) is 0 Å². The Morgan fingerprint density at radius 3 is 2.45 bits per heavy atom. The van der Waals surface area contributed by atoms with Crippen LogP contribution in [0, 0.1) is 30.1 Å². The highest BCUT2D eigenvalue weighted by atomic mass is 32.2. The molecule has 0 heterocycles. The molecular weight excluding hydrogens is 494 g/mol. The number of benzene rings is 2. The molecule has 2 aliphatic rings. The van der Waals surface area contributed by atoms with E-state index in [1.807, 2.05) is 49.6 Å². The Morgan fingerprint density at radius 1 is 1.08 bits per heavy atom. The van der Waals surface area contributed by atoms with E-state index in [1.54, 1.807) is 17.8 Å². The molecule has 2 aliphatic carbocycles. The topological polar surface area (TPSA) is 75.6 Å². The highest BCUT2D eigenvalue weighted by Gasteiger charge is 2.43. The SMILES string of the molecule is CSCCC(NC(=O)c1ccc(OCCC23CC(C)CC(CC(C)C2)C3)cc1-c1ccccc1C)C(=O)O. The number of amides is 1. The Kier molecular flexibility index (Phi) is 9.45. The van der Waals surface area contributed by atoms with Crippen molar-refractivity contribution in [2.75, 3.05) is 18.6 Å². The van der Waals surface area contributed by atoms with Crippen LogP contribution >= 0.6 is 11.8 Å². The molecule has 3 unspecified atom stereocenters. The van der Waals surface area contributed by atoms with Crippen LogP contribution in [0.1, 0.15) is 74.7 Å². The van der Waals surface area contributed by atoms with Crippen LogP contribution in [-0.2, 0) is 4.79 Å². The summed E-state index contributed by atoms with van der Waals surface area (Å²) in [5, 5.41) is 12.4. The molecule has 2 bridgehead atoms. The molecule has 6 heteroatoms. The van der Waals surface area contributed by atoms with Crippen molar-refractivity contribution in [2.24, 2.45) is 23.2 Å². The van der Waals surface area contributed by atoms with E-state index < -0.39 is 12.0 Å². The van der Waals surface area contributed by atoms with Crippen molar-refractivity contribution in [2.45, 2.75) is 71.8 Å². The Hall–Kier alpha value is -2.47. The second-order valence-electron chi connectivity index (χ2n) is 11.9. The molecule has 4 rings (SSSR count). The Bertz CT molecular complexity index is 1110. The number of carboxylic acids is 1. The number of carbonyl (C=O) groups excluding carboxylic acids is 1. The summed E-state index contributed by atoms with van der Waals surface area (Å²) in [6, 6.07) is 12.6. The maximum absolute atomic E-state index is 13.3. The lowest BCUT2D eigenvalue weighted by Crippen LogP contribution is -2.41. The zero-order valence-electron chi connectivity index (χ0n) is 23.3. The van der Waals surface area contributed by atoms with Crippen molar-refractivity contribution in [1.29, 1.82) is 0 Å². The largest absolute Gasteiger partial charge is 0.494 e. The second kappa shape index (κ2) is 12.6. The summed E-state index contributed by atoms with van der Waals surface area (Å²) in [4.78, 5) is 25.1. The minimum absolute atomic E-state index is 0.374. The van der Waals surface area contributed by atoms with E-state index in [9.17, 15) is 14.7 Å². The molecule has 2 saturated carbocycles. The normalized spacial score (nSPS) is 25.4. The van der Waals surface area contributed by atoms with Gasteiger partial charge in [-0.05, 0) is 122 Å². The quantitative estimate of drug-likeness (QED) is 0.316. The van der Waals surface area contributed by atoms with Crippen LogP contribution in [0.15, 0.2) is 42.5 Å². The summed E-state index contributed by atoms with van der Waals surface area (Å²) >= 11 is 1.57. The number of carboxylic acid groups (broad SMARTS) is 1. The molecule has 0 spiro atoms. The molecular formula is C32H43NO4S. The smallest absolute Gasteiger partial charge is 0.326 e. The number of aliphatic carboxylic acids is 1. The average Bonchev–Trinajstić information content (AvgIpc) is 2.85. The van der Waals surface area contributed by atoms with Crippen LogP contribution in [-0.4, -0.2) is 41.6 Å². The van der Waals surface area contributed by atoms with Gasteiger partial charge in [0, 0.05) is 5.56 Å². The summed E-state index contributed by atoms with van der Waals surface area (Å²) < 4.78 is 6.35. The van der Waals surface area contributed by atoms with Gasteiger partial charge in [-0.15, -0.1) is 0 Å². The first kappa shape index (κ1) is 28.5. The molecule has 0 saturated heterocycles. The fraction of sp³-hybridized carbons (Fsp3) is 0.562. The monoisotopic (exact) mass is 537 g/mol. The minimum atomic E-state index is -1.01. The lowest BCUT2D eigenvalue weighted by Gasteiger charge is -2.50. The van der Waals surface area contributed by atoms with Crippen LogP contribution in [0.25, 0.3) is 11.1 Å². The van der Waals surface area contributed by atoms with Crippen molar-refractivity contribution in [3.63, 3.8) is 0 Å². The zero-order valence-corrected chi connectivity index (χ0v) is 24.1. The van der Waals surface area contributed by atoms with Gasteiger partial charge in [-0.1, -0.05) is 38.1 Å². The van der Waals surface area contributed by atoms with Gasteiger partial charge in [-0.25, -0.2) is 4.79 Å².